The minimum Gasteiger partial charge on any atom is -0.504 e. The van der Waals surface area contributed by atoms with Gasteiger partial charge in [-0.3, -0.25) is 14.9 Å². The average Bonchev–Trinajstić information content (AvgIpc) is 2.61. The standard InChI is InChI=1S/C16H13Cl2N3O6/c1-26-16-12(22)4-2-9(15(16)21(24)25)7-19-20-14(23)8-27-13-5-3-10(17)6-11(13)18/h2-7,22H,8H2,1H3,(H,20,23)/b19-7-. The molecule has 0 bridgehead atoms. The van der Waals surface area contributed by atoms with Crippen LogP contribution in [-0.4, -0.2) is 35.9 Å². The molecule has 0 aliphatic carbocycles. The number of phenols is 1. The molecule has 0 fully saturated rings. The van der Waals surface area contributed by atoms with Crippen LogP contribution in [0.2, 0.25) is 10.0 Å². The minimum absolute atomic E-state index is 0.0246. The Labute approximate surface area is 163 Å². The van der Waals surface area contributed by atoms with Crippen molar-refractivity contribution in [2.24, 2.45) is 5.10 Å². The van der Waals surface area contributed by atoms with Gasteiger partial charge in [0.1, 0.15) is 5.75 Å². The lowest BCUT2D eigenvalue weighted by molar-refractivity contribution is -0.386. The Bertz CT molecular complexity index is 904. The molecular weight excluding hydrogens is 401 g/mol. The molecule has 0 saturated heterocycles. The highest BCUT2D eigenvalue weighted by Gasteiger charge is 2.23. The Morgan fingerprint density at radius 3 is 2.74 bits per heavy atom. The predicted octanol–water partition coefficient (Wildman–Crippen LogP) is 3.14. The Balaban J connectivity index is 2.02. The number of phenolic OH excluding ortho intramolecular Hbond substituents is 1. The van der Waals surface area contributed by atoms with E-state index in [0.717, 1.165) is 6.21 Å². The third-order valence-corrected chi connectivity index (χ3v) is 3.70. The number of nitrogens with one attached hydrogen (secondary N) is 1. The van der Waals surface area contributed by atoms with Crippen LogP contribution in [0.4, 0.5) is 5.69 Å². The van der Waals surface area contributed by atoms with E-state index < -0.39 is 22.3 Å². The third kappa shape index (κ3) is 5.22. The van der Waals surface area contributed by atoms with Crippen LogP contribution in [0.15, 0.2) is 35.4 Å². The Kier molecular flexibility index (Phi) is 6.80. The fraction of sp³-hybridized carbons (Fsp3) is 0.125. The molecule has 0 radical (unpaired) electrons. The molecule has 0 aromatic heterocycles. The molecule has 9 nitrogen and oxygen atoms in total. The summed E-state index contributed by atoms with van der Waals surface area (Å²) in [5, 5.41) is 25.1. The number of aromatic hydroxyl groups is 1. The van der Waals surface area contributed by atoms with Gasteiger partial charge in [-0.05, 0) is 30.3 Å². The third-order valence-electron chi connectivity index (χ3n) is 3.17. The Hall–Kier alpha value is -3.04. The van der Waals surface area contributed by atoms with Crippen molar-refractivity contribution in [1.29, 1.82) is 0 Å². The van der Waals surface area contributed by atoms with Crippen molar-refractivity contribution in [3.05, 3.63) is 56.1 Å². The van der Waals surface area contributed by atoms with Gasteiger partial charge in [0.05, 0.1) is 28.8 Å². The second-order valence-electron chi connectivity index (χ2n) is 4.97. The summed E-state index contributed by atoms with van der Waals surface area (Å²) >= 11 is 11.7. The molecule has 142 valence electrons. The molecule has 0 aliphatic rings. The first kappa shape index (κ1) is 20.3. The zero-order chi connectivity index (χ0) is 20.0. The molecule has 0 saturated carbocycles. The van der Waals surface area contributed by atoms with E-state index in [4.69, 9.17) is 32.7 Å². The zero-order valence-electron chi connectivity index (χ0n) is 13.8. The maximum atomic E-state index is 11.8. The molecule has 0 atom stereocenters. The van der Waals surface area contributed by atoms with E-state index >= 15 is 0 Å². The lowest BCUT2D eigenvalue weighted by Gasteiger charge is -2.07. The number of amides is 1. The first-order valence-corrected chi connectivity index (χ1v) is 8.03. The maximum Gasteiger partial charge on any atom is 0.323 e. The number of carbonyl (C=O) groups is 1. The van der Waals surface area contributed by atoms with Gasteiger partial charge in [-0.1, -0.05) is 23.2 Å². The number of rotatable bonds is 7. The molecule has 27 heavy (non-hydrogen) atoms. The highest BCUT2D eigenvalue weighted by atomic mass is 35.5. The second-order valence-corrected chi connectivity index (χ2v) is 5.81. The molecule has 2 aromatic rings. The van der Waals surface area contributed by atoms with E-state index in [9.17, 15) is 20.0 Å². The number of methoxy groups -OCH3 is 1. The molecule has 0 aliphatic heterocycles. The van der Waals surface area contributed by atoms with Crippen LogP contribution in [0.3, 0.4) is 0 Å². The van der Waals surface area contributed by atoms with Crippen molar-refractivity contribution in [3.63, 3.8) is 0 Å². The van der Waals surface area contributed by atoms with Crippen LogP contribution in [0.25, 0.3) is 0 Å². The summed E-state index contributed by atoms with van der Waals surface area (Å²) in [7, 11) is 1.18. The van der Waals surface area contributed by atoms with E-state index in [1.165, 1.54) is 31.4 Å². The number of nitro groups is 1. The van der Waals surface area contributed by atoms with Crippen molar-refractivity contribution in [2.75, 3.05) is 13.7 Å². The minimum atomic E-state index is -0.729. The maximum absolute atomic E-state index is 11.8. The lowest BCUT2D eigenvalue weighted by Crippen LogP contribution is -2.24. The predicted molar refractivity (Wildman–Crippen MR) is 99.0 cm³/mol. The van der Waals surface area contributed by atoms with E-state index in [1.807, 2.05) is 0 Å². The summed E-state index contributed by atoms with van der Waals surface area (Å²) in [4.78, 5) is 22.2. The van der Waals surface area contributed by atoms with Crippen molar-refractivity contribution < 1.29 is 24.3 Å². The van der Waals surface area contributed by atoms with Gasteiger partial charge in [-0.25, -0.2) is 5.43 Å². The monoisotopic (exact) mass is 413 g/mol. The van der Waals surface area contributed by atoms with Gasteiger partial charge in [0, 0.05) is 5.02 Å². The number of hydrogen-bond donors (Lipinski definition) is 2. The zero-order valence-corrected chi connectivity index (χ0v) is 15.3. The fourth-order valence-corrected chi connectivity index (χ4v) is 2.47. The molecule has 0 spiro atoms. The van der Waals surface area contributed by atoms with Crippen molar-refractivity contribution in [1.82, 2.24) is 5.43 Å². The van der Waals surface area contributed by atoms with E-state index in [-0.39, 0.29) is 28.7 Å². The Morgan fingerprint density at radius 1 is 1.37 bits per heavy atom. The first-order valence-electron chi connectivity index (χ1n) is 7.27. The van der Waals surface area contributed by atoms with Crippen LogP contribution >= 0.6 is 23.2 Å². The van der Waals surface area contributed by atoms with Gasteiger partial charge in [0.15, 0.2) is 12.4 Å². The van der Waals surface area contributed by atoms with Crippen molar-refractivity contribution in [3.8, 4) is 17.2 Å². The van der Waals surface area contributed by atoms with Crippen LogP contribution < -0.4 is 14.9 Å². The largest absolute Gasteiger partial charge is 0.504 e. The molecule has 2 rings (SSSR count). The highest BCUT2D eigenvalue weighted by molar-refractivity contribution is 6.35. The number of nitro benzene ring substituents is 1. The number of nitrogens with zero attached hydrogens (tertiary/aromatic N) is 2. The summed E-state index contributed by atoms with van der Waals surface area (Å²) in [5.74, 6) is -1.06. The van der Waals surface area contributed by atoms with E-state index in [2.05, 4.69) is 10.5 Å². The Morgan fingerprint density at radius 2 is 2.11 bits per heavy atom. The average molecular weight is 414 g/mol. The SMILES string of the molecule is COc1c(O)ccc(/C=N\NC(=O)COc2ccc(Cl)cc2Cl)c1[N+](=O)[O-]. The first-order chi connectivity index (χ1) is 12.8. The smallest absolute Gasteiger partial charge is 0.323 e. The van der Waals surface area contributed by atoms with Crippen molar-refractivity contribution >= 4 is 41.0 Å². The summed E-state index contributed by atoms with van der Waals surface area (Å²) in [6.07, 6.45) is 1.05. The number of hydrogen-bond acceptors (Lipinski definition) is 7. The molecule has 2 N–H and O–H groups in total. The van der Waals surface area contributed by atoms with Gasteiger partial charge in [-0.2, -0.15) is 5.10 Å². The van der Waals surface area contributed by atoms with Crippen LogP contribution in [0, 0.1) is 10.1 Å². The fourth-order valence-electron chi connectivity index (χ4n) is 2.01. The lowest BCUT2D eigenvalue weighted by atomic mass is 10.1. The number of ether oxygens (including phenoxy) is 2. The number of hydrazone groups is 1. The summed E-state index contributed by atoms with van der Waals surface area (Å²) in [6, 6.07) is 6.99. The highest BCUT2D eigenvalue weighted by Crippen LogP contribution is 2.37. The number of carbonyl (C=O) groups excluding carboxylic acids is 1. The molecule has 1 amide bonds. The van der Waals surface area contributed by atoms with Gasteiger partial charge >= 0.3 is 5.69 Å². The molecule has 11 heteroatoms. The quantitative estimate of drug-likeness (QED) is 0.408. The second kappa shape index (κ2) is 9.06. The molecule has 0 unspecified atom stereocenters. The van der Waals surface area contributed by atoms with Crippen LogP contribution in [0.5, 0.6) is 17.2 Å². The van der Waals surface area contributed by atoms with Gasteiger partial charge in [0.25, 0.3) is 5.91 Å². The van der Waals surface area contributed by atoms with E-state index in [0.29, 0.717) is 5.02 Å². The summed E-state index contributed by atoms with van der Waals surface area (Å²) in [5.41, 5.74) is 1.70. The van der Waals surface area contributed by atoms with Gasteiger partial charge in [0.2, 0.25) is 5.75 Å². The normalized spacial score (nSPS) is 10.6. The number of halogens is 2. The van der Waals surface area contributed by atoms with Crippen molar-refractivity contribution in [2.45, 2.75) is 0 Å². The number of benzene rings is 2. The van der Waals surface area contributed by atoms with Crippen LogP contribution in [-0.2, 0) is 4.79 Å². The topological polar surface area (TPSA) is 123 Å². The molecule has 0 heterocycles. The van der Waals surface area contributed by atoms with Gasteiger partial charge < -0.3 is 14.6 Å². The van der Waals surface area contributed by atoms with Crippen LogP contribution in [0.1, 0.15) is 5.56 Å². The van der Waals surface area contributed by atoms with E-state index in [1.54, 1.807) is 6.07 Å². The molecule has 2 aromatic carbocycles. The molecular formula is C16H13Cl2N3O6. The summed E-state index contributed by atoms with van der Waals surface area (Å²) < 4.78 is 10.1. The van der Waals surface area contributed by atoms with Gasteiger partial charge in [-0.15, -0.1) is 0 Å². The summed E-state index contributed by atoms with van der Waals surface area (Å²) in [6.45, 7) is -0.389.